The SMILES string of the molecule is COc1cc([N+](=O)[O-])ccc1S(=O)(=O)NCCC(=O)O. The van der Waals surface area contributed by atoms with Crippen LogP contribution in [0.4, 0.5) is 5.69 Å². The molecule has 0 aliphatic carbocycles. The van der Waals surface area contributed by atoms with Crippen LogP contribution in [0.25, 0.3) is 0 Å². The number of non-ortho nitro benzene ring substituents is 1. The van der Waals surface area contributed by atoms with E-state index in [2.05, 4.69) is 4.72 Å². The molecule has 0 bridgehead atoms. The molecule has 0 amide bonds. The van der Waals surface area contributed by atoms with Gasteiger partial charge in [-0.05, 0) is 6.07 Å². The number of methoxy groups -OCH3 is 1. The lowest BCUT2D eigenvalue weighted by atomic mass is 10.3. The Kier molecular flexibility index (Phi) is 5.00. The molecule has 110 valence electrons. The summed E-state index contributed by atoms with van der Waals surface area (Å²) in [5.41, 5.74) is -0.314. The lowest BCUT2D eigenvalue weighted by Gasteiger charge is -2.09. The van der Waals surface area contributed by atoms with Crippen molar-refractivity contribution in [2.24, 2.45) is 0 Å². The number of sulfonamides is 1. The quantitative estimate of drug-likeness (QED) is 0.548. The molecule has 10 heteroatoms. The van der Waals surface area contributed by atoms with Crippen LogP contribution in [0.5, 0.6) is 5.75 Å². The fourth-order valence-electron chi connectivity index (χ4n) is 1.36. The minimum atomic E-state index is -4.00. The number of carboxylic acids is 1. The van der Waals surface area contributed by atoms with E-state index in [1.54, 1.807) is 0 Å². The molecule has 0 radical (unpaired) electrons. The average Bonchev–Trinajstić information content (AvgIpc) is 2.37. The number of nitro groups is 1. The van der Waals surface area contributed by atoms with E-state index in [4.69, 9.17) is 9.84 Å². The molecule has 0 aliphatic heterocycles. The molecular formula is C10H12N2O7S. The van der Waals surface area contributed by atoms with E-state index in [0.717, 1.165) is 18.2 Å². The van der Waals surface area contributed by atoms with Crippen LogP contribution in [0.2, 0.25) is 0 Å². The van der Waals surface area contributed by atoms with Gasteiger partial charge in [-0.25, -0.2) is 13.1 Å². The van der Waals surface area contributed by atoms with E-state index >= 15 is 0 Å². The Labute approximate surface area is 114 Å². The van der Waals surface area contributed by atoms with Gasteiger partial charge in [0.1, 0.15) is 10.6 Å². The molecule has 1 rings (SSSR count). The third kappa shape index (κ3) is 3.90. The lowest BCUT2D eigenvalue weighted by Crippen LogP contribution is -2.26. The minimum absolute atomic E-state index is 0.193. The van der Waals surface area contributed by atoms with Crippen molar-refractivity contribution in [3.05, 3.63) is 28.3 Å². The van der Waals surface area contributed by atoms with Gasteiger partial charge in [0.25, 0.3) is 5.69 Å². The van der Waals surface area contributed by atoms with Crippen LogP contribution in [0.1, 0.15) is 6.42 Å². The molecule has 0 aliphatic rings. The Morgan fingerprint density at radius 3 is 2.65 bits per heavy atom. The number of nitro benzene ring substituents is 1. The molecule has 1 aromatic carbocycles. The third-order valence-electron chi connectivity index (χ3n) is 2.28. The highest BCUT2D eigenvalue weighted by Crippen LogP contribution is 2.28. The predicted octanol–water partition coefficient (Wildman–Crippen LogP) is 0.356. The number of aliphatic carboxylic acids is 1. The molecule has 0 fully saturated rings. The van der Waals surface area contributed by atoms with Gasteiger partial charge < -0.3 is 9.84 Å². The van der Waals surface area contributed by atoms with E-state index in [9.17, 15) is 23.3 Å². The number of ether oxygens (including phenoxy) is 1. The maximum Gasteiger partial charge on any atom is 0.304 e. The third-order valence-corrected chi connectivity index (χ3v) is 3.78. The van der Waals surface area contributed by atoms with Gasteiger partial charge in [0.2, 0.25) is 10.0 Å². The Bertz CT molecular complexity index is 626. The number of carboxylic acid groups (broad SMARTS) is 1. The summed E-state index contributed by atoms with van der Waals surface area (Å²) in [6.07, 6.45) is -0.380. The molecule has 2 N–H and O–H groups in total. The summed E-state index contributed by atoms with van der Waals surface area (Å²) >= 11 is 0. The van der Waals surface area contributed by atoms with Crippen LogP contribution in [-0.2, 0) is 14.8 Å². The fourth-order valence-corrected chi connectivity index (χ4v) is 2.54. The first-order valence-electron chi connectivity index (χ1n) is 5.32. The van der Waals surface area contributed by atoms with Crippen molar-refractivity contribution in [3.8, 4) is 5.75 Å². The molecular weight excluding hydrogens is 292 g/mol. The second kappa shape index (κ2) is 6.30. The predicted molar refractivity (Wildman–Crippen MR) is 67.1 cm³/mol. The summed E-state index contributed by atoms with van der Waals surface area (Å²) in [7, 11) is -2.83. The largest absolute Gasteiger partial charge is 0.495 e. The van der Waals surface area contributed by atoms with Crippen molar-refractivity contribution in [3.63, 3.8) is 0 Å². The highest BCUT2D eigenvalue weighted by Gasteiger charge is 2.22. The molecule has 0 saturated carbocycles. The molecule has 1 aromatic rings. The zero-order valence-electron chi connectivity index (χ0n) is 10.4. The monoisotopic (exact) mass is 304 g/mol. The highest BCUT2D eigenvalue weighted by molar-refractivity contribution is 7.89. The number of hydrogen-bond donors (Lipinski definition) is 2. The summed E-state index contributed by atoms with van der Waals surface area (Å²) in [5.74, 6) is -1.34. The van der Waals surface area contributed by atoms with Crippen molar-refractivity contribution in [2.45, 2.75) is 11.3 Å². The smallest absolute Gasteiger partial charge is 0.304 e. The average molecular weight is 304 g/mol. The van der Waals surface area contributed by atoms with Crippen LogP contribution < -0.4 is 9.46 Å². The highest BCUT2D eigenvalue weighted by atomic mass is 32.2. The normalized spacial score (nSPS) is 11.1. The van der Waals surface area contributed by atoms with Crippen LogP contribution >= 0.6 is 0 Å². The van der Waals surface area contributed by atoms with E-state index in [0.29, 0.717) is 0 Å². The van der Waals surface area contributed by atoms with Crippen LogP contribution in [0.3, 0.4) is 0 Å². The number of hydrogen-bond acceptors (Lipinski definition) is 6. The van der Waals surface area contributed by atoms with Crippen molar-refractivity contribution < 1.29 is 28.0 Å². The number of nitrogens with one attached hydrogen (secondary N) is 1. The maximum atomic E-state index is 11.9. The second-order valence-electron chi connectivity index (χ2n) is 3.63. The van der Waals surface area contributed by atoms with E-state index in [-0.39, 0.29) is 29.3 Å². The number of carbonyl (C=O) groups is 1. The van der Waals surface area contributed by atoms with Gasteiger partial charge in [0.15, 0.2) is 0 Å². The summed E-state index contributed by atoms with van der Waals surface area (Å²) < 4.78 is 30.7. The molecule has 0 atom stereocenters. The standard InChI is InChI=1S/C10H12N2O7S/c1-19-8-6-7(12(15)16)2-3-9(8)20(17,18)11-5-4-10(13)14/h2-3,6,11H,4-5H2,1H3,(H,13,14). The summed E-state index contributed by atoms with van der Waals surface area (Å²) in [4.78, 5) is 19.9. The van der Waals surface area contributed by atoms with Gasteiger partial charge in [-0.3, -0.25) is 14.9 Å². The molecule has 0 spiro atoms. The van der Waals surface area contributed by atoms with Gasteiger partial charge in [-0.2, -0.15) is 0 Å². The molecule has 20 heavy (non-hydrogen) atoms. The summed E-state index contributed by atoms with van der Waals surface area (Å²) in [6, 6.07) is 3.03. The first-order valence-corrected chi connectivity index (χ1v) is 6.80. The van der Waals surface area contributed by atoms with Gasteiger partial charge in [0.05, 0.1) is 24.5 Å². The first kappa shape index (κ1) is 15.9. The minimum Gasteiger partial charge on any atom is -0.495 e. The lowest BCUT2D eigenvalue weighted by molar-refractivity contribution is -0.385. The summed E-state index contributed by atoms with van der Waals surface area (Å²) in [6.45, 7) is -0.294. The number of nitrogens with zero attached hydrogens (tertiary/aromatic N) is 1. The Hall–Kier alpha value is -2.20. The molecule has 9 nitrogen and oxygen atoms in total. The van der Waals surface area contributed by atoms with Crippen LogP contribution in [0, 0.1) is 10.1 Å². The molecule has 0 unspecified atom stereocenters. The number of rotatable bonds is 7. The van der Waals surface area contributed by atoms with Gasteiger partial charge in [0, 0.05) is 12.6 Å². The molecule has 0 saturated heterocycles. The molecule has 0 aromatic heterocycles. The van der Waals surface area contributed by atoms with Crippen molar-refractivity contribution in [2.75, 3.05) is 13.7 Å². The number of benzene rings is 1. The maximum absolute atomic E-state index is 11.9. The molecule has 0 heterocycles. The Balaban J connectivity index is 3.05. The first-order chi connectivity index (χ1) is 9.27. The van der Waals surface area contributed by atoms with Crippen molar-refractivity contribution >= 4 is 21.7 Å². The topological polar surface area (TPSA) is 136 Å². The second-order valence-corrected chi connectivity index (χ2v) is 5.37. The zero-order chi connectivity index (χ0) is 15.3. The van der Waals surface area contributed by atoms with Gasteiger partial charge in [-0.1, -0.05) is 0 Å². The van der Waals surface area contributed by atoms with Gasteiger partial charge >= 0.3 is 5.97 Å². The van der Waals surface area contributed by atoms with E-state index in [1.165, 1.54) is 7.11 Å². The van der Waals surface area contributed by atoms with Crippen LogP contribution in [-0.4, -0.2) is 38.1 Å². The Morgan fingerprint density at radius 2 is 2.15 bits per heavy atom. The van der Waals surface area contributed by atoms with E-state index < -0.39 is 20.9 Å². The Morgan fingerprint density at radius 1 is 1.50 bits per heavy atom. The summed E-state index contributed by atoms with van der Waals surface area (Å²) in [5, 5.41) is 19.0. The van der Waals surface area contributed by atoms with Crippen molar-refractivity contribution in [1.82, 2.24) is 4.72 Å². The zero-order valence-corrected chi connectivity index (χ0v) is 11.2. The fraction of sp³-hybridized carbons (Fsp3) is 0.300. The van der Waals surface area contributed by atoms with E-state index in [1.807, 2.05) is 0 Å². The van der Waals surface area contributed by atoms with Crippen LogP contribution in [0.15, 0.2) is 23.1 Å². The van der Waals surface area contributed by atoms with Crippen molar-refractivity contribution in [1.29, 1.82) is 0 Å². The van der Waals surface area contributed by atoms with Gasteiger partial charge in [-0.15, -0.1) is 0 Å².